The molecule has 0 spiro atoms. The first-order chi connectivity index (χ1) is 7.98. The molecule has 6 heteroatoms. The molecule has 1 aromatic rings. The van der Waals surface area contributed by atoms with E-state index in [0.29, 0.717) is 13.0 Å². The van der Waals surface area contributed by atoms with Crippen molar-refractivity contribution in [2.75, 3.05) is 20.1 Å². The summed E-state index contributed by atoms with van der Waals surface area (Å²) < 4.78 is 25.2. The molecule has 1 heterocycles. The second-order valence-electron chi connectivity index (χ2n) is 3.98. The topological polar surface area (TPSA) is 76.3 Å². The van der Waals surface area contributed by atoms with Crippen molar-refractivity contribution in [3.8, 4) is 0 Å². The van der Waals surface area contributed by atoms with Crippen molar-refractivity contribution in [1.82, 2.24) is 9.29 Å². The third-order valence-corrected chi connectivity index (χ3v) is 4.94. The van der Waals surface area contributed by atoms with E-state index in [1.54, 1.807) is 20.2 Å². The summed E-state index contributed by atoms with van der Waals surface area (Å²) in [7, 11) is -1.70. The van der Waals surface area contributed by atoms with Crippen LogP contribution in [0.3, 0.4) is 0 Å². The van der Waals surface area contributed by atoms with Crippen molar-refractivity contribution in [2.24, 2.45) is 5.73 Å². The van der Waals surface area contributed by atoms with E-state index >= 15 is 0 Å². The third kappa shape index (κ3) is 3.76. The quantitative estimate of drug-likeness (QED) is 0.791. The molecule has 0 aliphatic heterocycles. The highest BCUT2D eigenvalue weighted by Gasteiger charge is 2.24. The standard InChI is InChI=1S/C11H19N3O2S/c1-10(9-12)17(15,16)14(2)8-6-11-5-3-4-7-13-11/h3-5,7,10H,6,8-9,12H2,1-2H3. The Hall–Kier alpha value is -0.980. The van der Waals surface area contributed by atoms with Gasteiger partial charge < -0.3 is 5.73 Å². The van der Waals surface area contributed by atoms with Crippen molar-refractivity contribution in [2.45, 2.75) is 18.6 Å². The van der Waals surface area contributed by atoms with Gasteiger partial charge in [0.05, 0.1) is 5.25 Å². The van der Waals surface area contributed by atoms with E-state index in [-0.39, 0.29) is 6.54 Å². The molecular weight excluding hydrogens is 238 g/mol. The Morgan fingerprint density at radius 2 is 2.18 bits per heavy atom. The fourth-order valence-corrected chi connectivity index (χ4v) is 2.58. The molecule has 96 valence electrons. The van der Waals surface area contributed by atoms with Gasteiger partial charge in [0.1, 0.15) is 0 Å². The number of pyridine rings is 1. The molecule has 0 amide bonds. The monoisotopic (exact) mass is 257 g/mol. The molecule has 0 saturated heterocycles. The molecule has 2 N–H and O–H groups in total. The van der Waals surface area contributed by atoms with Crippen LogP contribution in [0.4, 0.5) is 0 Å². The van der Waals surface area contributed by atoms with Crippen LogP contribution in [0.5, 0.6) is 0 Å². The number of likely N-dealkylation sites (N-methyl/N-ethyl adjacent to an activating group) is 1. The number of nitrogens with two attached hydrogens (primary N) is 1. The highest BCUT2D eigenvalue weighted by atomic mass is 32.2. The van der Waals surface area contributed by atoms with Gasteiger partial charge in [0.2, 0.25) is 10.0 Å². The molecule has 0 aliphatic carbocycles. The van der Waals surface area contributed by atoms with Crippen molar-refractivity contribution >= 4 is 10.0 Å². The van der Waals surface area contributed by atoms with Gasteiger partial charge in [0.15, 0.2) is 0 Å². The maximum atomic E-state index is 11.9. The predicted molar refractivity (Wildman–Crippen MR) is 68.0 cm³/mol. The van der Waals surface area contributed by atoms with Gasteiger partial charge in [-0.2, -0.15) is 0 Å². The van der Waals surface area contributed by atoms with Crippen molar-refractivity contribution < 1.29 is 8.42 Å². The van der Waals surface area contributed by atoms with Crippen LogP contribution in [-0.2, 0) is 16.4 Å². The normalized spacial score (nSPS) is 13.9. The van der Waals surface area contributed by atoms with Crippen LogP contribution in [0.15, 0.2) is 24.4 Å². The minimum absolute atomic E-state index is 0.135. The molecule has 0 saturated carbocycles. The zero-order chi connectivity index (χ0) is 12.9. The van der Waals surface area contributed by atoms with Gasteiger partial charge in [-0.1, -0.05) is 6.07 Å². The Balaban J connectivity index is 2.59. The molecule has 1 atom stereocenters. The second-order valence-corrected chi connectivity index (χ2v) is 6.44. The molecule has 0 bridgehead atoms. The molecule has 0 aromatic carbocycles. The minimum Gasteiger partial charge on any atom is -0.329 e. The van der Waals surface area contributed by atoms with Crippen LogP contribution < -0.4 is 5.73 Å². The molecule has 0 radical (unpaired) electrons. The summed E-state index contributed by atoms with van der Waals surface area (Å²) in [6.45, 7) is 2.17. The average molecular weight is 257 g/mol. The van der Waals surface area contributed by atoms with Gasteiger partial charge in [-0.25, -0.2) is 12.7 Å². The van der Waals surface area contributed by atoms with Crippen molar-refractivity contribution in [1.29, 1.82) is 0 Å². The van der Waals surface area contributed by atoms with Gasteiger partial charge in [0, 0.05) is 38.4 Å². The third-order valence-electron chi connectivity index (χ3n) is 2.68. The molecule has 17 heavy (non-hydrogen) atoms. The number of aromatic nitrogens is 1. The number of hydrogen-bond donors (Lipinski definition) is 1. The number of sulfonamides is 1. The first kappa shape index (κ1) is 14.1. The van der Waals surface area contributed by atoms with Crippen LogP contribution in [0.25, 0.3) is 0 Å². The van der Waals surface area contributed by atoms with Gasteiger partial charge >= 0.3 is 0 Å². The molecule has 5 nitrogen and oxygen atoms in total. The first-order valence-corrected chi connectivity index (χ1v) is 7.04. The zero-order valence-corrected chi connectivity index (χ0v) is 11.0. The summed E-state index contributed by atoms with van der Waals surface area (Å²) in [5.41, 5.74) is 6.27. The summed E-state index contributed by atoms with van der Waals surface area (Å²) in [6.07, 6.45) is 2.31. The smallest absolute Gasteiger partial charge is 0.217 e. The summed E-state index contributed by atoms with van der Waals surface area (Å²) in [5.74, 6) is 0. The summed E-state index contributed by atoms with van der Waals surface area (Å²) in [6, 6.07) is 5.60. The van der Waals surface area contributed by atoms with Crippen molar-refractivity contribution in [3.63, 3.8) is 0 Å². The van der Waals surface area contributed by atoms with Crippen molar-refractivity contribution in [3.05, 3.63) is 30.1 Å². The molecule has 1 aromatic heterocycles. The lowest BCUT2D eigenvalue weighted by Gasteiger charge is -2.20. The molecule has 0 fully saturated rings. The Morgan fingerprint density at radius 1 is 1.47 bits per heavy atom. The zero-order valence-electron chi connectivity index (χ0n) is 10.2. The van der Waals surface area contributed by atoms with Gasteiger partial charge in [-0.05, 0) is 19.1 Å². The molecule has 0 aliphatic rings. The summed E-state index contributed by atoms with van der Waals surface area (Å²) >= 11 is 0. The van der Waals surface area contributed by atoms with Gasteiger partial charge in [-0.15, -0.1) is 0 Å². The molecule has 1 rings (SSSR count). The van der Waals surface area contributed by atoms with E-state index in [9.17, 15) is 8.42 Å². The number of rotatable bonds is 6. The maximum Gasteiger partial charge on any atom is 0.217 e. The Kier molecular flexibility index (Phi) is 5.04. The van der Waals surface area contributed by atoms with E-state index in [0.717, 1.165) is 5.69 Å². The summed E-state index contributed by atoms with van der Waals surface area (Å²) in [5, 5.41) is -0.545. The van der Waals surface area contributed by atoms with E-state index < -0.39 is 15.3 Å². The van der Waals surface area contributed by atoms with Crippen LogP contribution in [-0.4, -0.2) is 43.1 Å². The fourth-order valence-electron chi connectivity index (χ4n) is 1.37. The van der Waals surface area contributed by atoms with E-state index in [1.165, 1.54) is 4.31 Å². The Bertz CT molecular complexity index is 433. The maximum absolute atomic E-state index is 11.9. The highest BCUT2D eigenvalue weighted by Crippen LogP contribution is 2.07. The van der Waals surface area contributed by atoms with Gasteiger partial charge in [-0.3, -0.25) is 4.98 Å². The predicted octanol–water partition coefficient (Wildman–Crippen LogP) is 0.233. The minimum atomic E-state index is -3.28. The van der Waals surface area contributed by atoms with Crippen LogP contribution in [0.1, 0.15) is 12.6 Å². The van der Waals surface area contributed by atoms with E-state index in [1.807, 2.05) is 18.2 Å². The van der Waals surface area contributed by atoms with Gasteiger partial charge in [0.25, 0.3) is 0 Å². The van der Waals surface area contributed by atoms with E-state index in [2.05, 4.69) is 4.98 Å². The number of hydrogen-bond acceptors (Lipinski definition) is 4. The lowest BCUT2D eigenvalue weighted by Crippen LogP contribution is -2.39. The molecule has 1 unspecified atom stereocenters. The lowest BCUT2D eigenvalue weighted by atomic mass is 10.3. The Labute approximate surface area is 103 Å². The first-order valence-electron chi connectivity index (χ1n) is 5.53. The largest absolute Gasteiger partial charge is 0.329 e. The molecular formula is C11H19N3O2S. The summed E-state index contributed by atoms with van der Waals surface area (Å²) in [4.78, 5) is 4.15. The van der Waals surface area contributed by atoms with E-state index in [4.69, 9.17) is 5.73 Å². The lowest BCUT2D eigenvalue weighted by molar-refractivity contribution is 0.462. The van der Waals surface area contributed by atoms with Crippen LogP contribution in [0.2, 0.25) is 0 Å². The van der Waals surface area contributed by atoms with Crippen LogP contribution in [0, 0.1) is 0 Å². The van der Waals surface area contributed by atoms with Crippen LogP contribution >= 0.6 is 0 Å². The fraction of sp³-hybridized carbons (Fsp3) is 0.545. The SMILES string of the molecule is CC(CN)S(=O)(=O)N(C)CCc1ccccn1. The number of nitrogens with zero attached hydrogens (tertiary/aromatic N) is 2. The average Bonchev–Trinajstić information content (AvgIpc) is 2.35. The second kappa shape index (κ2) is 6.09. The highest BCUT2D eigenvalue weighted by molar-refractivity contribution is 7.89. The Morgan fingerprint density at radius 3 is 2.71 bits per heavy atom.